The van der Waals surface area contributed by atoms with E-state index in [9.17, 15) is 4.79 Å². The predicted octanol–water partition coefficient (Wildman–Crippen LogP) is 0.313. The lowest BCUT2D eigenvalue weighted by atomic mass is 10.2. The summed E-state index contributed by atoms with van der Waals surface area (Å²) < 4.78 is 0. The first-order valence-electron chi connectivity index (χ1n) is 4.38. The van der Waals surface area contributed by atoms with Crippen molar-refractivity contribution in [1.29, 1.82) is 0 Å². The summed E-state index contributed by atoms with van der Waals surface area (Å²) in [6.07, 6.45) is 2.96. The van der Waals surface area contributed by atoms with Crippen LogP contribution in [0.25, 0.3) is 0 Å². The Morgan fingerprint density at radius 1 is 1.50 bits per heavy atom. The highest BCUT2D eigenvalue weighted by atomic mass is 16.7. The van der Waals surface area contributed by atoms with Crippen molar-refractivity contribution in [3.63, 3.8) is 0 Å². The molecule has 1 N–H and O–H groups in total. The molecular formula is C8H15NO3. The van der Waals surface area contributed by atoms with Gasteiger partial charge in [0.25, 0.3) is 0 Å². The largest absolute Gasteiger partial charge is 0.396 e. The van der Waals surface area contributed by atoms with E-state index in [-0.39, 0.29) is 12.5 Å². The molecule has 0 atom stereocenters. The smallest absolute Gasteiger partial charge is 0.246 e. The fourth-order valence-electron chi connectivity index (χ4n) is 1.15. The zero-order valence-corrected chi connectivity index (χ0v) is 7.16. The SMILES string of the molecule is O=C(CCCO)N1CCCCO1. The molecular weight excluding hydrogens is 158 g/mol. The maximum atomic E-state index is 11.2. The molecule has 0 aromatic rings. The molecule has 1 saturated heterocycles. The van der Waals surface area contributed by atoms with E-state index in [1.807, 2.05) is 0 Å². The third-order valence-corrected chi connectivity index (χ3v) is 1.83. The fourth-order valence-corrected chi connectivity index (χ4v) is 1.15. The molecule has 1 aliphatic heterocycles. The van der Waals surface area contributed by atoms with Crippen molar-refractivity contribution in [2.45, 2.75) is 25.7 Å². The second-order valence-corrected chi connectivity index (χ2v) is 2.86. The van der Waals surface area contributed by atoms with E-state index in [0.717, 1.165) is 12.8 Å². The zero-order chi connectivity index (χ0) is 8.81. The van der Waals surface area contributed by atoms with Crippen molar-refractivity contribution in [2.24, 2.45) is 0 Å². The molecule has 4 heteroatoms. The van der Waals surface area contributed by atoms with Gasteiger partial charge in [-0.15, -0.1) is 0 Å². The third-order valence-electron chi connectivity index (χ3n) is 1.83. The molecule has 0 aliphatic carbocycles. The topological polar surface area (TPSA) is 49.8 Å². The number of rotatable bonds is 3. The molecule has 0 aromatic heterocycles. The predicted molar refractivity (Wildman–Crippen MR) is 43.2 cm³/mol. The number of aliphatic hydroxyl groups excluding tert-OH is 1. The van der Waals surface area contributed by atoms with Gasteiger partial charge in [-0.3, -0.25) is 9.63 Å². The molecule has 1 heterocycles. The van der Waals surface area contributed by atoms with Gasteiger partial charge in [0.15, 0.2) is 0 Å². The van der Waals surface area contributed by atoms with Crippen LogP contribution in [0, 0.1) is 0 Å². The number of hydrogen-bond donors (Lipinski definition) is 1. The second-order valence-electron chi connectivity index (χ2n) is 2.86. The summed E-state index contributed by atoms with van der Waals surface area (Å²) >= 11 is 0. The lowest BCUT2D eigenvalue weighted by Crippen LogP contribution is -2.35. The standard InChI is InChI=1S/C8H15NO3/c10-6-3-4-8(11)9-5-1-2-7-12-9/h10H,1-7H2. The minimum atomic E-state index is -0.0104. The average molecular weight is 173 g/mol. The van der Waals surface area contributed by atoms with Gasteiger partial charge in [0.2, 0.25) is 5.91 Å². The second kappa shape index (κ2) is 5.11. The summed E-state index contributed by atoms with van der Waals surface area (Å²) in [5.74, 6) is -0.0104. The number of amides is 1. The zero-order valence-electron chi connectivity index (χ0n) is 7.16. The number of hydroxylamine groups is 2. The molecule has 1 amide bonds. The van der Waals surface area contributed by atoms with Crippen molar-refractivity contribution in [3.8, 4) is 0 Å². The van der Waals surface area contributed by atoms with Gasteiger partial charge in [-0.05, 0) is 19.3 Å². The van der Waals surface area contributed by atoms with E-state index in [2.05, 4.69) is 0 Å². The first-order valence-corrected chi connectivity index (χ1v) is 4.38. The number of aliphatic hydroxyl groups is 1. The molecule has 0 unspecified atom stereocenters. The first kappa shape index (κ1) is 9.48. The lowest BCUT2D eigenvalue weighted by molar-refractivity contribution is -0.197. The van der Waals surface area contributed by atoms with Gasteiger partial charge in [-0.1, -0.05) is 0 Å². The molecule has 0 aromatic carbocycles. The van der Waals surface area contributed by atoms with Gasteiger partial charge in [0.1, 0.15) is 0 Å². The van der Waals surface area contributed by atoms with Crippen molar-refractivity contribution in [3.05, 3.63) is 0 Å². The highest BCUT2D eigenvalue weighted by Crippen LogP contribution is 2.07. The molecule has 12 heavy (non-hydrogen) atoms. The summed E-state index contributed by atoms with van der Waals surface area (Å²) in [5.41, 5.74) is 0. The summed E-state index contributed by atoms with van der Waals surface area (Å²) in [7, 11) is 0. The van der Waals surface area contributed by atoms with Crippen molar-refractivity contribution in [1.82, 2.24) is 5.06 Å². The van der Waals surface area contributed by atoms with Crippen LogP contribution in [0.4, 0.5) is 0 Å². The summed E-state index contributed by atoms with van der Waals surface area (Å²) in [5, 5.41) is 9.92. The van der Waals surface area contributed by atoms with E-state index < -0.39 is 0 Å². The van der Waals surface area contributed by atoms with Gasteiger partial charge in [0.05, 0.1) is 6.61 Å². The Morgan fingerprint density at radius 3 is 2.92 bits per heavy atom. The summed E-state index contributed by atoms with van der Waals surface area (Å²) in [6.45, 7) is 1.41. The van der Waals surface area contributed by atoms with E-state index in [1.165, 1.54) is 5.06 Å². The van der Waals surface area contributed by atoms with Crippen LogP contribution >= 0.6 is 0 Å². The minimum absolute atomic E-state index is 0.0104. The van der Waals surface area contributed by atoms with Crippen molar-refractivity contribution < 1.29 is 14.7 Å². The Morgan fingerprint density at radius 2 is 2.33 bits per heavy atom. The average Bonchev–Trinajstić information content (AvgIpc) is 2.15. The Hall–Kier alpha value is -0.610. The Kier molecular flexibility index (Phi) is 4.04. The van der Waals surface area contributed by atoms with Crippen molar-refractivity contribution in [2.75, 3.05) is 19.8 Å². The summed E-state index contributed by atoms with van der Waals surface area (Å²) in [6, 6.07) is 0. The van der Waals surface area contributed by atoms with Gasteiger partial charge in [-0.25, -0.2) is 5.06 Å². The fraction of sp³-hybridized carbons (Fsp3) is 0.875. The Labute approximate surface area is 72.1 Å². The quantitative estimate of drug-likeness (QED) is 0.668. The van der Waals surface area contributed by atoms with Crippen LogP contribution in [0.1, 0.15) is 25.7 Å². The first-order chi connectivity index (χ1) is 5.84. The molecule has 70 valence electrons. The molecule has 0 spiro atoms. The van der Waals surface area contributed by atoms with Gasteiger partial charge < -0.3 is 5.11 Å². The van der Waals surface area contributed by atoms with Gasteiger partial charge in [-0.2, -0.15) is 0 Å². The number of hydrogen-bond acceptors (Lipinski definition) is 3. The van der Waals surface area contributed by atoms with Crippen LogP contribution in [0.15, 0.2) is 0 Å². The molecule has 1 aliphatic rings. The van der Waals surface area contributed by atoms with Gasteiger partial charge in [0, 0.05) is 19.6 Å². The molecule has 1 rings (SSSR count). The van der Waals surface area contributed by atoms with Crippen LogP contribution in [-0.4, -0.2) is 35.8 Å². The van der Waals surface area contributed by atoms with E-state index >= 15 is 0 Å². The maximum Gasteiger partial charge on any atom is 0.246 e. The number of carbonyl (C=O) groups excluding carboxylic acids is 1. The monoisotopic (exact) mass is 173 g/mol. The third kappa shape index (κ3) is 2.79. The van der Waals surface area contributed by atoms with E-state index in [0.29, 0.717) is 26.0 Å². The maximum absolute atomic E-state index is 11.2. The van der Waals surface area contributed by atoms with Gasteiger partial charge >= 0.3 is 0 Å². The normalized spacial score (nSPS) is 17.9. The Bertz CT molecular complexity index is 143. The van der Waals surface area contributed by atoms with Crippen molar-refractivity contribution >= 4 is 5.91 Å². The molecule has 0 saturated carbocycles. The van der Waals surface area contributed by atoms with Crippen LogP contribution in [-0.2, 0) is 9.63 Å². The van der Waals surface area contributed by atoms with Crippen LogP contribution in [0.3, 0.4) is 0 Å². The number of nitrogens with zero attached hydrogens (tertiary/aromatic N) is 1. The van der Waals surface area contributed by atoms with E-state index in [1.54, 1.807) is 0 Å². The molecule has 4 nitrogen and oxygen atoms in total. The number of carbonyl (C=O) groups is 1. The van der Waals surface area contributed by atoms with Crippen LogP contribution in [0.2, 0.25) is 0 Å². The highest BCUT2D eigenvalue weighted by molar-refractivity contribution is 5.75. The van der Waals surface area contributed by atoms with Crippen LogP contribution in [0.5, 0.6) is 0 Å². The molecule has 1 fully saturated rings. The summed E-state index contributed by atoms with van der Waals surface area (Å²) in [4.78, 5) is 16.4. The Balaban J connectivity index is 2.20. The highest BCUT2D eigenvalue weighted by Gasteiger charge is 2.16. The van der Waals surface area contributed by atoms with Crippen LogP contribution < -0.4 is 0 Å². The minimum Gasteiger partial charge on any atom is -0.396 e. The molecule has 0 bridgehead atoms. The molecule has 0 radical (unpaired) electrons. The lowest BCUT2D eigenvalue weighted by Gasteiger charge is -2.25. The van der Waals surface area contributed by atoms with E-state index in [4.69, 9.17) is 9.94 Å².